The van der Waals surface area contributed by atoms with Gasteiger partial charge in [-0.05, 0) is 42.6 Å². The third kappa shape index (κ3) is 2.19. The Morgan fingerprint density at radius 3 is 2.35 bits per heavy atom. The van der Waals surface area contributed by atoms with Gasteiger partial charge in [0.2, 0.25) is 17.7 Å². The average molecular weight is 348 g/mol. The summed E-state index contributed by atoms with van der Waals surface area (Å²) in [5.74, 6) is -0.269. The number of hydrogen-bond donors (Lipinski definition) is 1. The smallest absolute Gasteiger partial charge is 0.244 e. The van der Waals surface area contributed by atoms with Crippen molar-refractivity contribution in [1.29, 1.82) is 0 Å². The predicted octanol–water partition coefficient (Wildman–Crippen LogP) is 2.81. The van der Waals surface area contributed by atoms with Gasteiger partial charge in [0.25, 0.3) is 0 Å². The second kappa shape index (κ2) is 5.66. The lowest BCUT2D eigenvalue weighted by Crippen LogP contribution is -2.39. The van der Waals surface area contributed by atoms with Crippen LogP contribution in [0.2, 0.25) is 0 Å². The summed E-state index contributed by atoms with van der Waals surface area (Å²) < 4.78 is 0. The van der Waals surface area contributed by atoms with Crippen LogP contribution in [0.1, 0.15) is 19.3 Å². The minimum atomic E-state index is -0.324. The topological polar surface area (TPSA) is 66.5 Å². The number of nitrogens with zero attached hydrogens (tertiary/aromatic N) is 1. The quantitative estimate of drug-likeness (QED) is 0.868. The van der Waals surface area contributed by atoms with E-state index in [0.29, 0.717) is 17.5 Å². The lowest BCUT2D eigenvalue weighted by Gasteiger charge is -2.19. The van der Waals surface area contributed by atoms with E-state index in [1.165, 1.54) is 4.90 Å². The lowest BCUT2D eigenvalue weighted by atomic mass is 9.81. The summed E-state index contributed by atoms with van der Waals surface area (Å²) in [6.07, 6.45) is 3.09. The van der Waals surface area contributed by atoms with Crippen LogP contribution in [0, 0.1) is 23.7 Å². The Hall–Kier alpha value is -2.69. The maximum atomic E-state index is 12.7. The van der Waals surface area contributed by atoms with Gasteiger partial charge in [-0.1, -0.05) is 36.4 Å². The van der Waals surface area contributed by atoms with Crippen molar-refractivity contribution in [2.45, 2.75) is 19.3 Å². The van der Waals surface area contributed by atoms with E-state index < -0.39 is 0 Å². The van der Waals surface area contributed by atoms with Gasteiger partial charge in [-0.2, -0.15) is 0 Å². The highest BCUT2D eigenvalue weighted by atomic mass is 16.2. The minimum absolute atomic E-state index is 0.139. The molecule has 0 aromatic heterocycles. The number of hydrogen-bond acceptors (Lipinski definition) is 3. The predicted molar refractivity (Wildman–Crippen MR) is 97.1 cm³/mol. The van der Waals surface area contributed by atoms with Gasteiger partial charge in [0.1, 0.15) is 6.54 Å². The highest BCUT2D eigenvalue weighted by molar-refractivity contribution is 6.10. The van der Waals surface area contributed by atoms with E-state index >= 15 is 0 Å². The van der Waals surface area contributed by atoms with Crippen LogP contribution in [0.5, 0.6) is 0 Å². The molecule has 4 atom stereocenters. The molecule has 26 heavy (non-hydrogen) atoms. The van der Waals surface area contributed by atoms with Crippen molar-refractivity contribution >= 4 is 34.2 Å². The summed E-state index contributed by atoms with van der Waals surface area (Å²) in [4.78, 5) is 39.2. The van der Waals surface area contributed by atoms with Crippen molar-refractivity contribution in [3.05, 3.63) is 42.5 Å². The third-order valence-corrected chi connectivity index (χ3v) is 6.38. The number of anilines is 1. The van der Waals surface area contributed by atoms with Crippen LogP contribution in [0.15, 0.2) is 42.5 Å². The molecule has 2 aromatic rings. The Kier molecular flexibility index (Phi) is 3.39. The molecule has 2 aliphatic carbocycles. The van der Waals surface area contributed by atoms with Crippen LogP contribution < -0.4 is 5.32 Å². The summed E-state index contributed by atoms with van der Waals surface area (Å²) in [7, 11) is 0. The van der Waals surface area contributed by atoms with Crippen molar-refractivity contribution < 1.29 is 14.4 Å². The zero-order valence-electron chi connectivity index (χ0n) is 14.4. The Morgan fingerprint density at radius 2 is 1.62 bits per heavy atom. The first-order chi connectivity index (χ1) is 12.6. The number of benzene rings is 2. The summed E-state index contributed by atoms with van der Waals surface area (Å²) >= 11 is 0. The van der Waals surface area contributed by atoms with Gasteiger partial charge >= 0.3 is 0 Å². The van der Waals surface area contributed by atoms with Crippen LogP contribution in [0.25, 0.3) is 10.8 Å². The molecule has 3 amide bonds. The highest BCUT2D eigenvalue weighted by Crippen LogP contribution is 2.56. The van der Waals surface area contributed by atoms with Crippen molar-refractivity contribution in [2.24, 2.45) is 23.7 Å². The number of amides is 3. The molecule has 3 fully saturated rings. The second-order valence-electron chi connectivity index (χ2n) is 7.72. The van der Waals surface area contributed by atoms with Crippen molar-refractivity contribution in [2.75, 3.05) is 11.9 Å². The molecule has 0 radical (unpaired) electrons. The molecular formula is C21H20N2O3. The Morgan fingerprint density at radius 1 is 0.962 bits per heavy atom. The molecule has 2 saturated carbocycles. The molecule has 2 aromatic carbocycles. The fourth-order valence-electron chi connectivity index (χ4n) is 5.29. The molecule has 1 heterocycles. The summed E-state index contributed by atoms with van der Waals surface area (Å²) in [5, 5.41) is 4.85. The van der Waals surface area contributed by atoms with Gasteiger partial charge in [0, 0.05) is 11.1 Å². The Bertz CT molecular complexity index is 905. The number of carbonyl (C=O) groups is 3. The second-order valence-corrected chi connectivity index (χ2v) is 7.72. The number of imide groups is 1. The summed E-state index contributed by atoms with van der Waals surface area (Å²) in [6.45, 7) is -0.187. The van der Waals surface area contributed by atoms with E-state index in [-0.39, 0.29) is 36.1 Å². The molecule has 5 nitrogen and oxygen atoms in total. The van der Waals surface area contributed by atoms with Crippen molar-refractivity contribution in [3.63, 3.8) is 0 Å². The largest absolute Gasteiger partial charge is 0.324 e. The van der Waals surface area contributed by atoms with Gasteiger partial charge < -0.3 is 5.32 Å². The molecular weight excluding hydrogens is 328 g/mol. The lowest BCUT2D eigenvalue weighted by molar-refractivity contribution is -0.143. The molecule has 1 aliphatic heterocycles. The van der Waals surface area contributed by atoms with E-state index in [9.17, 15) is 14.4 Å². The molecule has 5 rings (SSSR count). The first-order valence-corrected chi connectivity index (χ1v) is 9.26. The van der Waals surface area contributed by atoms with E-state index in [2.05, 4.69) is 5.32 Å². The third-order valence-electron chi connectivity index (χ3n) is 6.38. The van der Waals surface area contributed by atoms with Crippen LogP contribution >= 0.6 is 0 Å². The molecule has 0 spiro atoms. The van der Waals surface area contributed by atoms with Gasteiger partial charge in [0.15, 0.2) is 0 Å². The number of likely N-dealkylation sites (tertiary alicyclic amines) is 1. The van der Waals surface area contributed by atoms with Crippen molar-refractivity contribution in [3.8, 4) is 0 Å². The standard InChI is InChI=1S/C21H20N2O3/c24-17(22-16-7-3-5-12-4-1-2-6-15(12)16)11-23-20(25)18-13-8-9-14(10-13)19(18)21(23)26/h1-7,13-14,18-19H,8-11H2,(H,22,24)/t13-,14-,18+,19+/m0/s1. The van der Waals surface area contributed by atoms with Crippen molar-refractivity contribution in [1.82, 2.24) is 4.90 Å². The molecule has 132 valence electrons. The van der Waals surface area contributed by atoms with Crippen LogP contribution in [0.4, 0.5) is 5.69 Å². The number of fused-ring (bicyclic) bond motifs is 6. The minimum Gasteiger partial charge on any atom is -0.324 e. The first kappa shape index (κ1) is 15.6. The molecule has 3 aliphatic rings. The van der Waals surface area contributed by atoms with E-state index in [1.807, 2.05) is 42.5 Å². The monoisotopic (exact) mass is 348 g/mol. The normalized spacial score (nSPS) is 29.5. The fraction of sp³-hybridized carbons (Fsp3) is 0.381. The highest BCUT2D eigenvalue weighted by Gasteiger charge is 2.60. The molecule has 2 bridgehead atoms. The first-order valence-electron chi connectivity index (χ1n) is 9.26. The van der Waals surface area contributed by atoms with Gasteiger partial charge in [-0.25, -0.2) is 0 Å². The Labute approximate surface area is 151 Å². The number of rotatable bonds is 3. The van der Waals surface area contributed by atoms with Crippen LogP contribution in [-0.4, -0.2) is 29.2 Å². The average Bonchev–Trinajstić information content (AvgIpc) is 3.32. The maximum Gasteiger partial charge on any atom is 0.244 e. The summed E-state index contributed by atoms with van der Waals surface area (Å²) in [5.41, 5.74) is 0.701. The van der Waals surface area contributed by atoms with E-state index in [1.54, 1.807) is 0 Å². The van der Waals surface area contributed by atoms with E-state index in [0.717, 1.165) is 30.0 Å². The Balaban J connectivity index is 1.34. The van der Waals surface area contributed by atoms with Crippen LogP contribution in [-0.2, 0) is 14.4 Å². The molecule has 5 heteroatoms. The maximum absolute atomic E-state index is 12.7. The fourth-order valence-corrected chi connectivity index (χ4v) is 5.29. The van der Waals surface area contributed by atoms with Crippen LogP contribution in [0.3, 0.4) is 0 Å². The molecule has 1 saturated heterocycles. The summed E-state index contributed by atoms with van der Waals surface area (Å²) in [6, 6.07) is 13.5. The SMILES string of the molecule is O=C(CN1C(=O)[C@@H]2[C@H]3CC[C@@H](C3)[C@H]2C1=O)Nc1cccc2ccccc12. The van der Waals surface area contributed by atoms with Gasteiger partial charge in [0.05, 0.1) is 11.8 Å². The zero-order chi connectivity index (χ0) is 17.8. The zero-order valence-corrected chi connectivity index (χ0v) is 14.4. The molecule has 0 unspecified atom stereocenters. The number of nitrogens with one attached hydrogen (secondary N) is 1. The molecule has 1 N–H and O–H groups in total. The van der Waals surface area contributed by atoms with Gasteiger partial charge in [-0.15, -0.1) is 0 Å². The van der Waals surface area contributed by atoms with E-state index in [4.69, 9.17) is 0 Å². The van der Waals surface area contributed by atoms with Gasteiger partial charge in [-0.3, -0.25) is 19.3 Å². The number of carbonyl (C=O) groups excluding carboxylic acids is 3.